The number of aryl methyl sites for hydroxylation is 1. The standard InChI is InChI=1S/C25H35N5O2/c1-17-5-10-22-21(12-17)25(28-16-27-22)26-13-24(31)29-19-14-30(15-19)20-8-6-18(7-9-20)23-4-2-3-11-32-23/h5,10,12,16,18-20,23H,2-4,6-9,11,13-15H2,1H3,(H,29,31)(H,26,27,28). The number of carbonyl (C=O) groups excluding carboxylic acids is 1. The predicted molar refractivity (Wildman–Crippen MR) is 126 cm³/mol. The number of nitrogens with one attached hydrogen (secondary N) is 2. The Balaban J connectivity index is 1.04. The van der Waals surface area contributed by atoms with Crippen molar-refractivity contribution in [3.05, 3.63) is 30.1 Å². The Morgan fingerprint density at radius 2 is 1.97 bits per heavy atom. The molecule has 1 amide bonds. The fourth-order valence-electron chi connectivity index (χ4n) is 5.63. The van der Waals surface area contributed by atoms with Gasteiger partial charge in [0.05, 0.1) is 24.2 Å². The normalized spacial score (nSPS) is 27.1. The van der Waals surface area contributed by atoms with Crippen LogP contribution in [0.15, 0.2) is 24.5 Å². The molecule has 0 spiro atoms. The number of hydrogen-bond acceptors (Lipinski definition) is 6. The number of nitrogens with zero attached hydrogens (tertiary/aromatic N) is 3. The molecule has 7 heteroatoms. The maximum absolute atomic E-state index is 12.5. The third-order valence-corrected chi connectivity index (χ3v) is 7.48. The number of rotatable bonds is 6. The third kappa shape index (κ3) is 4.89. The van der Waals surface area contributed by atoms with E-state index in [1.807, 2.05) is 19.1 Å². The van der Waals surface area contributed by atoms with Gasteiger partial charge in [-0.25, -0.2) is 9.97 Å². The highest BCUT2D eigenvalue weighted by atomic mass is 16.5. The topological polar surface area (TPSA) is 79.4 Å². The van der Waals surface area contributed by atoms with Gasteiger partial charge >= 0.3 is 0 Å². The second-order valence-electron chi connectivity index (χ2n) is 9.79. The van der Waals surface area contributed by atoms with Crippen LogP contribution in [-0.4, -0.2) is 65.2 Å². The molecule has 1 aromatic carbocycles. The summed E-state index contributed by atoms with van der Waals surface area (Å²) in [6, 6.07) is 7.00. The van der Waals surface area contributed by atoms with Crippen molar-refractivity contribution in [2.45, 2.75) is 70.1 Å². The molecule has 2 aromatic rings. The van der Waals surface area contributed by atoms with Crippen molar-refractivity contribution < 1.29 is 9.53 Å². The van der Waals surface area contributed by atoms with Crippen molar-refractivity contribution in [2.24, 2.45) is 5.92 Å². The van der Waals surface area contributed by atoms with Gasteiger partial charge < -0.3 is 15.4 Å². The molecule has 2 saturated heterocycles. The zero-order valence-electron chi connectivity index (χ0n) is 19.1. The van der Waals surface area contributed by atoms with Crippen molar-refractivity contribution >= 4 is 22.6 Å². The van der Waals surface area contributed by atoms with Gasteiger partial charge in [0.25, 0.3) is 0 Å². The summed E-state index contributed by atoms with van der Waals surface area (Å²) in [4.78, 5) is 23.7. The summed E-state index contributed by atoms with van der Waals surface area (Å²) in [7, 11) is 0. The summed E-state index contributed by atoms with van der Waals surface area (Å²) in [6.07, 6.45) is 11.0. The quantitative estimate of drug-likeness (QED) is 0.722. The predicted octanol–water partition coefficient (Wildman–Crippen LogP) is 3.28. The smallest absolute Gasteiger partial charge is 0.239 e. The van der Waals surface area contributed by atoms with Gasteiger partial charge in [0, 0.05) is 31.1 Å². The van der Waals surface area contributed by atoms with Crippen LogP contribution < -0.4 is 10.6 Å². The number of aromatic nitrogens is 2. The summed E-state index contributed by atoms with van der Waals surface area (Å²) in [5.41, 5.74) is 2.03. The Kier molecular flexibility index (Phi) is 6.55. The molecule has 32 heavy (non-hydrogen) atoms. The lowest BCUT2D eigenvalue weighted by Gasteiger charge is -2.47. The number of likely N-dealkylation sites (tertiary alicyclic amines) is 1. The molecular weight excluding hydrogens is 402 g/mol. The molecule has 5 rings (SSSR count). The largest absolute Gasteiger partial charge is 0.378 e. The van der Waals surface area contributed by atoms with E-state index in [2.05, 4.69) is 31.6 Å². The summed E-state index contributed by atoms with van der Waals surface area (Å²) >= 11 is 0. The van der Waals surface area contributed by atoms with Crippen molar-refractivity contribution in [3.63, 3.8) is 0 Å². The van der Waals surface area contributed by atoms with Crippen LogP contribution in [0.3, 0.4) is 0 Å². The van der Waals surface area contributed by atoms with E-state index in [4.69, 9.17) is 4.74 Å². The minimum atomic E-state index is 0.0206. The van der Waals surface area contributed by atoms with E-state index in [1.54, 1.807) is 0 Å². The number of hydrogen-bond donors (Lipinski definition) is 2. The molecule has 1 unspecified atom stereocenters. The highest BCUT2D eigenvalue weighted by Crippen LogP contribution is 2.35. The van der Waals surface area contributed by atoms with Crippen LogP contribution >= 0.6 is 0 Å². The van der Waals surface area contributed by atoms with Crippen molar-refractivity contribution in [1.82, 2.24) is 20.2 Å². The van der Waals surface area contributed by atoms with Crippen LogP contribution in [0.4, 0.5) is 5.82 Å². The third-order valence-electron chi connectivity index (χ3n) is 7.48. The zero-order valence-corrected chi connectivity index (χ0v) is 19.1. The summed E-state index contributed by atoms with van der Waals surface area (Å²) in [6.45, 7) is 5.16. The molecule has 1 saturated carbocycles. The maximum Gasteiger partial charge on any atom is 0.239 e. The Morgan fingerprint density at radius 3 is 2.75 bits per heavy atom. The highest BCUT2D eigenvalue weighted by Gasteiger charge is 2.37. The highest BCUT2D eigenvalue weighted by molar-refractivity contribution is 5.91. The van der Waals surface area contributed by atoms with Crippen LogP contribution in [0.1, 0.15) is 50.5 Å². The lowest BCUT2D eigenvalue weighted by Crippen LogP contribution is -2.63. The van der Waals surface area contributed by atoms with Gasteiger partial charge in [-0.2, -0.15) is 0 Å². The number of benzene rings is 1. The van der Waals surface area contributed by atoms with Gasteiger partial charge in [0.15, 0.2) is 0 Å². The molecular formula is C25H35N5O2. The average Bonchev–Trinajstić information content (AvgIpc) is 2.80. The SMILES string of the molecule is Cc1ccc2ncnc(NCC(=O)NC3CN(C4CCC(C5CCCCO5)CC4)C3)c2c1. The molecule has 1 aliphatic carbocycles. The van der Waals surface area contributed by atoms with Gasteiger partial charge in [-0.3, -0.25) is 9.69 Å². The maximum atomic E-state index is 12.5. The lowest BCUT2D eigenvalue weighted by atomic mass is 9.79. The molecule has 3 fully saturated rings. The van der Waals surface area contributed by atoms with Gasteiger partial charge in [-0.15, -0.1) is 0 Å². The minimum absolute atomic E-state index is 0.0206. The number of ether oxygens (including phenoxy) is 1. The van der Waals surface area contributed by atoms with Gasteiger partial charge in [-0.1, -0.05) is 11.6 Å². The Hall–Kier alpha value is -2.25. The van der Waals surface area contributed by atoms with Gasteiger partial charge in [0.2, 0.25) is 5.91 Å². The Morgan fingerprint density at radius 1 is 1.12 bits per heavy atom. The first-order valence-corrected chi connectivity index (χ1v) is 12.3. The zero-order chi connectivity index (χ0) is 21.9. The average molecular weight is 438 g/mol. The second-order valence-corrected chi connectivity index (χ2v) is 9.79. The number of anilines is 1. The molecule has 3 heterocycles. The van der Waals surface area contributed by atoms with E-state index >= 15 is 0 Å². The molecule has 0 bridgehead atoms. The molecule has 0 radical (unpaired) electrons. The fourth-order valence-corrected chi connectivity index (χ4v) is 5.63. The number of fused-ring (bicyclic) bond motifs is 1. The fraction of sp³-hybridized carbons (Fsp3) is 0.640. The van der Waals surface area contributed by atoms with E-state index in [0.717, 1.165) is 42.1 Å². The second kappa shape index (κ2) is 9.71. The van der Waals surface area contributed by atoms with Gasteiger partial charge in [-0.05, 0) is 69.9 Å². The molecule has 172 valence electrons. The van der Waals surface area contributed by atoms with Crippen molar-refractivity contribution in [1.29, 1.82) is 0 Å². The van der Waals surface area contributed by atoms with Crippen LogP contribution in [0, 0.1) is 12.8 Å². The van der Waals surface area contributed by atoms with E-state index in [9.17, 15) is 4.79 Å². The molecule has 2 aliphatic heterocycles. The molecule has 1 atom stereocenters. The van der Waals surface area contributed by atoms with Crippen LogP contribution in [0.2, 0.25) is 0 Å². The summed E-state index contributed by atoms with van der Waals surface area (Å²) in [5.74, 6) is 1.49. The van der Waals surface area contributed by atoms with Crippen molar-refractivity contribution in [2.75, 3.05) is 31.6 Å². The van der Waals surface area contributed by atoms with Crippen LogP contribution in [0.5, 0.6) is 0 Å². The first-order chi connectivity index (χ1) is 15.7. The van der Waals surface area contributed by atoms with E-state index in [1.165, 1.54) is 51.3 Å². The minimum Gasteiger partial charge on any atom is -0.378 e. The molecule has 1 aromatic heterocycles. The van der Waals surface area contributed by atoms with E-state index in [0.29, 0.717) is 18.0 Å². The van der Waals surface area contributed by atoms with E-state index in [-0.39, 0.29) is 18.5 Å². The molecule has 7 nitrogen and oxygen atoms in total. The first kappa shape index (κ1) is 21.6. The molecule has 3 aliphatic rings. The van der Waals surface area contributed by atoms with E-state index < -0.39 is 0 Å². The number of amides is 1. The Bertz CT molecular complexity index is 931. The first-order valence-electron chi connectivity index (χ1n) is 12.3. The number of carbonyl (C=O) groups is 1. The summed E-state index contributed by atoms with van der Waals surface area (Å²) in [5, 5.41) is 7.31. The lowest BCUT2D eigenvalue weighted by molar-refractivity contribution is -0.121. The Labute approximate surface area is 190 Å². The monoisotopic (exact) mass is 437 g/mol. The van der Waals surface area contributed by atoms with Crippen molar-refractivity contribution in [3.8, 4) is 0 Å². The van der Waals surface area contributed by atoms with Gasteiger partial charge in [0.1, 0.15) is 12.1 Å². The molecule has 2 N–H and O–H groups in total. The van der Waals surface area contributed by atoms with Crippen LogP contribution in [-0.2, 0) is 9.53 Å². The van der Waals surface area contributed by atoms with Crippen LogP contribution in [0.25, 0.3) is 10.9 Å². The summed E-state index contributed by atoms with van der Waals surface area (Å²) < 4.78 is 6.02.